The summed E-state index contributed by atoms with van der Waals surface area (Å²) in [6.07, 6.45) is 9.88. The van der Waals surface area contributed by atoms with E-state index >= 15 is 0 Å². The van der Waals surface area contributed by atoms with Crippen molar-refractivity contribution in [2.75, 3.05) is 19.5 Å². The minimum Gasteiger partial charge on any atom is -0.410 e. The van der Waals surface area contributed by atoms with Gasteiger partial charge in [0, 0.05) is 24.5 Å². The average Bonchev–Trinajstić information content (AvgIpc) is 2.60. The number of rotatable bonds is 6. The van der Waals surface area contributed by atoms with Gasteiger partial charge in [0.15, 0.2) is 0 Å². The van der Waals surface area contributed by atoms with Crippen molar-refractivity contribution < 1.29 is 9.53 Å². The predicted octanol–water partition coefficient (Wildman–Crippen LogP) is 5.76. The number of carbonyl (C=O) groups is 1. The van der Waals surface area contributed by atoms with Crippen molar-refractivity contribution in [1.29, 1.82) is 0 Å². The Labute approximate surface area is 154 Å². The summed E-state index contributed by atoms with van der Waals surface area (Å²) in [6, 6.07) is 6.82. The Morgan fingerprint density at radius 1 is 1.25 bits per heavy atom. The molecule has 0 heterocycles. The van der Waals surface area contributed by atoms with E-state index in [2.05, 4.69) is 6.08 Å². The lowest BCUT2D eigenvalue weighted by Gasteiger charge is -2.28. The summed E-state index contributed by atoms with van der Waals surface area (Å²) in [4.78, 5) is 13.7. The van der Waals surface area contributed by atoms with E-state index in [1.54, 1.807) is 36.2 Å². The minimum absolute atomic E-state index is 0.323. The van der Waals surface area contributed by atoms with E-state index in [0.29, 0.717) is 28.5 Å². The molecule has 0 N–H and O–H groups in total. The van der Waals surface area contributed by atoms with Crippen molar-refractivity contribution in [3.05, 3.63) is 41.4 Å². The highest BCUT2D eigenvalue weighted by molar-refractivity contribution is 6.30. The first-order valence-electron chi connectivity index (χ1n) is 8.49. The van der Waals surface area contributed by atoms with Crippen LogP contribution in [0.3, 0.4) is 0 Å². The fourth-order valence-corrected chi connectivity index (χ4v) is 3.29. The molecule has 1 amide bonds. The van der Waals surface area contributed by atoms with Gasteiger partial charge in [-0.15, -0.1) is 11.6 Å². The largest absolute Gasteiger partial charge is 0.414 e. The third kappa shape index (κ3) is 6.37. The van der Waals surface area contributed by atoms with E-state index in [0.717, 1.165) is 13.0 Å². The van der Waals surface area contributed by atoms with E-state index in [9.17, 15) is 4.79 Å². The highest BCUT2D eigenvalue weighted by Gasteiger charge is 2.21. The Morgan fingerprint density at radius 2 is 1.92 bits per heavy atom. The number of halogens is 2. The minimum atomic E-state index is -0.323. The number of hydrogen-bond donors (Lipinski definition) is 0. The molecule has 0 aromatic heterocycles. The van der Waals surface area contributed by atoms with Gasteiger partial charge in [-0.1, -0.05) is 23.8 Å². The Bertz CT molecular complexity index is 537. The molecule has 1 aliphatic rings. The van der Waals surface area contributed by atoms with Gasteiger partial charge in [-0.25, -0.2) is 4.79 Å². The molecule has 0 atom stereocenters. The van der Waals surface area contributed by atoms with Gasteiger partial charge in [-0.2, -0.15) is 0 Å². The zero-order chi connectivity index (χ0) is 17.4. The lowest BCUT2D eigenvalue weighted by molar-refractivity contribution is 0.157. The van der Waals surface area contributed by atoms with Crippen LogP contribution in [0.1, 0.15) is 32.1 Å². The van der Waals surface area contributed by atoms with E-state index in [4.69, 9.17) is 27.9 Å². The smallest absolute Gasteiger partial charge is 0.410 e. The summed E-state index contributed by atoms with van der Waals surface area (Å²) < 4.78 is 5.34. The maximum atomic E-state index is 12.1. The SMILES string of the molecule is CN(CCC1CCC(/C=C/CCl)CC1)C(=O)Oc1ccc(Cl)cc1. The normalized spacial score (nSPS) is 21.0. The van der Waals surface area contributed by atoms with Gasteiger partial charge in [-0.05, 0) is 68.2 Å². The maximum absolute atomic E-state index is 12.1. The van der Waals surface area contributed by atoms with E-state index in [-0.39, 0.29) is 6.09 Å². The molecule has 1 fully saturated rings. The molecule has 1 saturated carbocycles. The Balaban J connectivity index is 1.69. The second kappa shape index (κ2) is 9.95. The molecule has 132 valence electrons. The molecule has 1 aromatic carbocycles. The summed E-state index contributed by atoms with van der Waals surface area (Å²) in [5.41, 5.74) is 0. The summed E-state index contributed by atoms with van der Waals surface area (Å²) in [6.45, 7) is 0.722. The monoisotopic (exact) mass is 369 g/mol. The lowest BCUT2D eigenvalue weighted by atomic mass is 9.80. The first-order chi connectivity index (χ1) is 11.6. The topological polar surface area (TPSA) is 29.5 Å². The van der Waals surface area contributed by atoms with Crippen molar-refractivity contribution in [3.63, 3.8) is 0 Å². The van der Waals surface area contributed by atoms with Crippen molar-refractivity contribution in [2.45, 2.75) is 32.1 Å². The Hall–Kier alpha value is -1.19. The van der Waals surface area contributed by atoms with Crippen LogP contribution in [0.4, 0.5) is 4.79 Å². The zero-order valence-corrected chi connectivity index (χ0v) is 15.6. The molecular weight excluding hydrogens is 345 g/mol. The van der Waals surface area contributed by atoms with Gasteiger partial charge in [0.2, 0.25) is 0 Å². The molecule has 0 unspecified atom stereocenters. The molecule has 3 nitrogen and oxygen atoms in total. The van der Waals surface area contributed by atoms with Crippen LogP contribution in [0, 0.1) is 11.8 Å². The van der Waals surface area contributed by atoms with E-state index in [1.807, 2.05) is 6.08 Å². The summed E-state index contributed by atoms with van der Waals surface area (Å²) in [5.74, 6) is 2.48. The van der Waals surface area contributed by atoms with Gasteiger partial charge < -0.3 is 9.64 Å². The zero-order valence-electron chi connectivity index (χ0n) is 14.1. The third-order valence-electron chi connectivity index (χ3n) is 4.59. The summed E-state index contributed by atoms with van der Waals surface area (Å²) in [7, 11) is 1.78. The van der Waals surface area contributed by atoms with Crippen molar-refractivity contribution in [1.82, 2.24) is 4.90 Å². The van der Waals surface area contributed by atoms with E-state index < -0.39 is 0 Å². The number of hydrogen-bond acceptors (Lipinski definition) is 2. The fraction of sp³-hybridized carbons (Fsp3) is 0.526. The van der Waals surface area contributed by atoms with Crippen LogP contribution in [-0.2, 0) is 0 Å². The summed E-state index contributed by atoms with van der Waals surface area (Å²) in [5, 5.41) is 0.625. The van der Waals surface area contributed by atoms with Crippen LogP contribution in [0.2, 0.25) is 5.02 Å². The van der Waals surface area contributed by atoms with Gasteiger partial charge in [0.05, 0.1) is 0 Å². The lowest BCUT2D eigenvalue weighted by Crippen LogP contribution is -2.32. The van der Waals surface area contributed by atoms with Crippen molar-refractivity contribution in [2.24, 2.45) is 11.8 Å². The molecule has 0 aliphatic heterocycles. The maximum Gasteiger partial charge on any atom is 0.414 e. The summed E-state index contributed by atoms with van der Waals surface area (Å²) >= 11 is 11.5. The van der Waals surface area contributed by atoms with Gasteiger partial charge in [0.1, 0.15) is 5.75 Å². The molecule has 0 bridgehead atoms. The van der Waals surface area contributed by atoms with Crippen molar-refractivity contribution in [3.8, 4) is 5.75 Å². The highest BCUT2D eigenvalue weighted by atomic mass is 35.5. The van der Waals surface area contributed by atoms with Gasteiger partial charge in [-0.3, -0.25) is 0 Å². The quantitative estimate of drug-likeness (QED) is 0.470. The number of benzene rings is 1. The molecule has 1 aliphatic carbocycles. The van der Waals surface area contributed by atoms with Crippen LogP contribution in [-0.4, -0.2) is 30.5 Å². The van der Waals surface area contributed by atoms with Gasteiger partial charge in [0.25, 0.3) is 0 Å². The highest BCUT2D eigenvalue weighted by Crippen LogP contribution is 2.31. The Morgan fingerprint density at radius 3 is 2.54 bits per heavy atom. The number of alkyl halides is 1. The Kier molecular flexibility index (Phi) is 7.93. The number of nitrogens with zero attached hydrogens (tertiary/aromatic N) is 1. The average molecular weight is 370 g/mol. The number of allylic oxidation sites excluding steroid dienone is 2. The standard InChI is InChI=1S/C19H25Cl2NO2/c1-22(19(23)24-18-10-8-17(21)9-11-18)14-12-16-6-4-15(5-7-16)3-2-13-20/h2-3,8-11,15-16H,4-7,12-14H2,1H3/b3-2+. The second-order valence-electron chi connectivity index (χ2n) is 6.40. The molecule has 0 saturated heterocycles. The fourth-order valence-electron chi connectivity index (χ4n) is 3.06. The van der Waals surface area contributed by atoms with Crippen LogP contribution in [0.5, 0.6) is 5.75 Å². The number of carbonyl (C=O) groups excluding carboxylic acids is 1. The number of amides is 1. The van der Waals surface area contributed by atoms with Crippen LogP contribution < -0.4 is 4.74 Å². The second-order valence-corrected chi connectivity index (χ2v) is 7.14. The van der Waals surface area contributed by atoms with Gasteiger partial charge >= 0.3 is 6.09 Å². The molecule has 2 rings (SSSR count). The van der Waals surface area contributed by atoms with Crippen LogP contribution in [0.15, 0.2) is 36.4 Å². The predicted molar refractivity (Wildman–Crippen MR) is 100 cm³/mol. The van der Waals surface area contributed by atoms with Crippen molar-refractivity contribution >= 4 is 29.3 Å². The molecule has 5 heteroatoms. The third-order valence-corrected chi connectivity index (χ3v) is 5.02. The molecule has 0 spiro atoms. The molecular formula is C19H25Cl2NO2. The number of ether oxygens (including phenoxy) is 1. The molecule has 24 heavy (non-hydrogen) atoms. The van der Waals surface area contributed by atoms with Crippen LogP contribution in [0.25, 0.3) is 0 Å². The first kappa shape index (κ1) is 19.1. The van der Waals surface area contributed by atoms with E-state index in [1.165, 1.54) is 25.7 Å². The first-order valence-corrected chi connectivity index (χ1v) is 9.41. The van der Waals surface area contributed by atoms with Crippen LogP contribution >= 0.6 is 23.2 Å². The molecule has 0 radical (unpaired) electrons. The molecule has 1 aromatic rings.